The van der Waals surface area contributed by atoms with E-state index in [1.807, 2.05) is 6.07 Å². The highest BCUT2D eigenvalue weighted by Gasteiger charge is 2.25. The lowest BCUT2D eigenvalue weighted by atomic mass is 10.2. The van der Waals surface area contributed by atoms with Crippen molar-refractivity contribution in [2.45, 2.75) is 6.54 Å². The molecule has 1 aliphatic rings. The van der Waals surface area contributed by atoms with E-state index in [-0.39, 0.29) is 6.03 Å². The van der Waals surface area contributed by atoms with Gasteiger partial charge in [0.15, 0.2) is 0 Å². The lowest BCUT2D eigenvalue weighted by Gasteiger charge is -2.17. The van der Waals surface area contributed by atoms with Gasteiger partial charge in [-0.05, 0) is 23.8 Å². The summed E-state index contributed by atoms with van der Waals surface area (Å²) in [7, 11) is 1.79. The Morgan fingerprint density at radius 3 is 2.81 bits per heavy atom. The van der Waals surface area contributed by atoms with Crippen LogP contribution in [0.15, 0.2) is 18.2 Å². The van der Waals surface area contributed by atoms with E-state index >= 15 is 0 Å². The van der Waals surface area contributed by atoms with Crippen LogP contribution in [-0.4, -0.2) is 36.0 Å². The number of carbonyl (C=O) groups is 1. The molecule has 0 radical (unpaired) electrons. The SMILES string of the molecule is CN1CCN(Cc2cc(N)ccc2Cl)C1=O. The van der Waals surface area contributed by atoms with Crippen molar-refractivity contribution >= 4 is 23.3 Å². The third-order valence-corrected chi connectivity index (χ3v) is 3.10. The van der Waals surface area contributed by atoms with Crippen molar-refractivity contribution in [3.8, 4) is 0 Å². The van der Waals surface area contributed by atoms with Gasteiger partial charge in [0, 0.05) is 37.4 Å². The van der Waals surface area contributed by atoms with Crippen LogP contribution in [0.1, 0.15) is 5.56 Å². The van der Waals surface area contributed by atoms with Crippen molar-refractivity contribution in [1.82, 2.24) is 9.80 Å². The summed E-state index contributed by atoms with van der Waals surface area (Å²) in [5, 5.41) is 0.650. The number of likely N-dealkylation sites (N-methyl/N-ethyl adjacent to an activating group) is 1. The average molecular weight is 240 g/mol. The van der Waals surface area contributed by atoms with Crippen LogP contribution in [-0.2, 0) is 6.54 Å². The number of hydrogen-bond donors (Lipinski definition) is 1. The van der Waals surface area contributed by atoms with Crippen molar-refractivity contribution in [3.05, 3.63) is 28.8 Å². The minimum absolute atomic E-state index is 0.0403. The molecule has 1 aromatic rings. The number of urea groups is 1. The summed E-state index contributed by atoms with van der Waals surface area (Å²) in [6.45, 7) is 2.02. The van der Waals surface area contributed by atoms with Crippen molar-refractivity contribution in [1.29, 1.82) is 0 Å². The van der Waals surface area contributed by atoms with E-state index in [0.717, 1.165) is 18.7 Å². The molecule has 5 heteroatoms. The molecule has 2 rings (SSSR count). The molecule has 1 saturated heterocycles. The Bertz CT molecular complexity index is 422. The maximum atomic E-state index is 11.7. The van der Waals surface area contributed by atoms with E-state index in [4.69, 9.17) is 17.3 Å². The molecule has 4 nitrogen and oxygen atoms in total. The Hall–Kier alpha value is -1.42. The number of halogens is 1. The topological polar surface area (TPSA) is 49.6 Å². The van der Waals surface area contributed by atoms with Crippen molar-refractivity contribution in [2.75, 3.05) is 25.9 Å². The number of hydrogen-bond acceptors (Lipinski definition) is 2. The van der Waals surface area contributed by atoms with Gasteiger partial charge in [0.1, 0.15) is 0 Å². The van der Waals surface area contributed by atoms with Crippen LogP contribution in [0, 0.1) is 0 Å². The van der Waals surface area contributed by atoms with E-state index in [0.29, 0.717) is 17.3 Å². The Morgan fingerprint density at radius 1 is 1.44 bits per heavy atom. The molecule has 1 heterocycles. The van der Waals surface area contributed by atoms with Gasteiger partial charge in [-0.2, -0.15) is 0 Å². The first kappa shape index (κ1) is 11.1. The summed E-state index contributed by atoms with van der Waals surface area (Å²) in [6, 6.07) is 5.37. The molecule has 0 bridgehead atoms. The number of amides is 2. The number of nitrogens with two attached hydrogens (primary N) is 1. The predicted molar refractivity (Wildman–Crippen MR) is 64.3 cm³/mol. The summed E-state index contributed by atoms with van der Waals surface area (Å²) >= 11 is 6.05. The third-order valence-electron chi connectivity index (χ3n) is 2.73. The molecule has 0 atom stereocenters. The summed E-state index contributed by atoms with van der Waals surface area (Å²) in [5.74, 6) is 0. The summed E-state index contributed by atoms with van der Waals surface area (Å²) in [4.78, 5) is 15.1. The standard InChI is InChI=1S/C11H14ClN3O/c1-14-4-5-15(11(14)16)7-8-6-9(13)2-3-10(8)12/h2-3,6H,4-5,7,13H2,1H3. The van der Waals surface area contributed by atoms with Crippen LogP contribution >= 0.6 is 11.6 Å². The molecule has 1 aromatic carbocycles. The Labute approximate surface area is 99.6 Å². The maximum absolute atomic E-state index is 11.7. The van der Waals surface area contributed by atoms with E-state index in [2.05, 4.69) is 0 Å². The van der Waals surface area contributed by atoms with Crippen LogP contribution in [0.4, 0.5) is 10.5 Å². The molecule has 0 aliphatic carbocycles. The minimum atomic E-state index is 0.0403. The van der Waals surface area contributed by atoms with Crippen LogP contribution in [0.25, 0.3) is 0 Å². The zero-order chi connectivity index (χ0) is 11.7. The summed E-state index contributed by atoms with van der Waals surface area (Å²) < 4.78 is 0. The Balaban J connectivity index is 2.15. The lowest BCUT2D eigenvalue weighted by molar-refractivity contribution is 0.197. The molecular weight excluding hydrogens is 226 g/mol. The number of nitrogens with zero attached hydrogens (tertiary/aromatic N) is 2. The molecule has 0 aromatic heterocycles. The molecular formula is C11H14ClN3O. The van der Waals surface area contributed by atoms with Crippen LogP contribution in [0.2, 0.25) is 5.02 Å². The molecule has 0 saturated carbocycles. The first-order valence-electron chi connectivity index (χ1n) is 5.12. The summed E-state index contributed by atoms with van der Waals surface area (Å²) in [6.07, 6.45) is 0. The highest BCUT2D eigenvalue weighted by Crippen LogP contribution is 2.22. The maximum Gasteiger partial charge on any atom is 0.320 e. The van der Waals surface area contributed by atoms with Crippen molar-refractivity contribution < 1.29 is 4.79 Å². The van der Waals surface area contributed by atoms with E-state index in [1.165, 1.54) is 0 Å². The number of rotatable bonds is 2. The van der Waals surface area contributed by atoms with E-state index in [1.54, 1.807) is 29.0 Å². The number of anilines is 1. The fourth-order valence-corrected chi connectivity index (χ4v) is 1.95. The number of nitrogen functional groups attached to an aromatic ring is 1. The molecule has 16 heavy (non-hydrogen) atoms. The largest absolute Gasteiger partial charge is 0.399 e. The minimum Gasteiger partial charge on any atom is -0.399 e. The van der Waals surface area contributed by atoms with Gasteiger partial charge in [-0.25, -0.2) is 4.79 Å². The second kappa shape index (κ2) is 4.22. The molecule has 0 unspecified atom stereocenters. The fraction of sp³-hybridized carbons (Fsp3) is 0.364. The summed E-state index contributed by atoms with van der Waals surface area (Å²) in [5.41, 5.74) is 7.25. The molecule has 0 spiro atoms. The third kappa shape index (κ3) is 2.07. The highest BCUT2D eigenvalue weighted by atomic mass is 35.5. The Kier molecular flexibility index (Phi) is 2.92. The van der Waals surface area contributed by atoms with Gasteiger partial charge in [-0.3, -0.25) is 0 Å². The molecule has 2 amide bonds. The van der Waals surface area contributed by atoms with Gasteiger partial charge in [-0.15, -0.1) is 0 Å². The second-order valence-corrected chi connectivity index (χ2v) is 4.38. The van der Waals surface area contributed by atoms with Crippen LogP contribution in [0.3, 0.4) is 0 Å². The van der Waals surface area contributed by atoms with Gasteiger partial charge in [0.25, 0.3) is 0 Å². The first-order valence-corrected chi connectivity index (χ1v) is 5.49. The van der Waals surface area contributed by atoms with Gasteiger partial charge < -0.3 is 15.5 Å². The predicted octanol–water partition coefficient (Wildman–Crippen LogP) is 1.79. The smallest absolute Gasteiger partial charge is 0.320 e. The van der Waals surface area contributed by atoms with Crippen molar-refractivity contribution in [3.63, 3.8) is 0 Å². The van der Waals surface area contributed by atoms with Gasteiger partial charge in [0.05, 0.1) is 0 Å². The van der Waals surface area contributed by atoms with Gasteiger partial charge in [0.2, 0.25) is 0 Å². The van der Waals surface area contributed by atoms with Crippen molar-refractivity contribution in [2.24, 2.45) is 0 Å². The molecule has 2 N–H and O–H groups in total. The van der Waals surface area contributed by atoms with E-state index in [9.17, 15) is 4.79 Å². The molecule has 86 valence electrons. The lowest BCUT2D eigenvalue weighted by Crippen LogP contribution is -2.29. The van der Waals surface area contributed by atoms with Crippen LogP contribution in [0.5, 0.6) is 0 Å². The quantitative estimate of drug-likeness (QED) is 0.800. The number of benzene rings is 1. The monoisotopic (exact) mass is 239 g/mol. The number of carbonyl (C=O) groups excluding carboxylic acids is 1. The zero-order valence-electron chi connectivity index (χ0n) is 9.11. The molecule has 1 fully saturated rings. The fourth-order valence-electron chi connectivity index (χ4n) is 1.77. The average Bonchev–Trinajstić information content (AvgIpc) is 2.55. The van der Waals surface area contributed by atoms with Crippen LogP contribution < -0.4 is 5.73 Å². The van der Waals surface area contributed by atoms with Gasteiger partial charge in [-0.1, -0.05) is 11.6 Å². The van der Waals surface area contributed by atoms with E-state index < -0.39 is 0 Å². The Morgan fingerprint density at radius 2 is 2.19 bits per heavy atom. The molecule has 1 aliphatic heterocycles. The zero-order valence-corrected chi connectivity index (χ0v) is 9.87. The first-order chi connectivity index (χ1) is 7.58. The second-order valence-electron chi connectivity index (χ2n) is 3.98. The van der Waals surface area contributed by atoms with Gasteiger partial charge >= 0.3 is 6.03 Å². The highest BCUT2D eigenvalue weighted by molar-refractivity contribution is 6.31. The normalized spacial score (nSPS) is 16.0.